The highest BCUT2D eigenvalue weighted by molar-refractivity contribution is 8.25. The summed E-state index contributed by atoms with van der Waals surface area (Å²) in [7, 11) is 0. The number of halogens is 1. The smallest absolute Gasteiger partial charge is 0.0633 e. The van der Waals surface area contributed by atoms with E-state index >= 15 is 0 Å². The Hall–Kier alpha value is -0.310. The molecule has 2 rings (SSSR count). The third kappa shape index (κ3) is 1.96. The molecule has 1 heterocycles. The molecule has 0 fully saturated rings. The Morgan fingerprint density at radius 1 is 1.23 bits per heavy atom. The first-order valence-electron chi connectivity index (χ1n) is 3.90. The van der Waals surface area contributed by atoms with Gasteiger partial charge in [-0.3, -0.25) is 0 Å². The molecule has 1 aromatic rings. The predicted molar refractivity (Wildman–Crippen MR) is 63.5 cm³/mol. The number of rotatable bonds is 1. The fourth-order valence-corrected chi connectivity index (χ4v) is 2.49. The van der Waals surface area contributed by atoms with Crippen LogP contribution in [-0.4, -0.2) is 4.20 Å². The van der Waals surface area contributed by atoms with E-state index in [9.17, 15) is 0 Å². The molecule has 1 aliphatic rings. The molecule has 0 spiro atoms. The zero-order valence-corrected chi connectivity index (χ0v) is 9.12. The summed E-state index contributed by atoms with van der Waals surface area (Å²) in [6, 6.07) is 7.84. The van der Waals surface area contributed by atoms with E-state index in [-0.39, 0.29) is 5.92 Å². The van der Waals surface area contributed by atoms with E-state index in [1.807, 2.05) is 29.7 Å². The van der Waals surface area contributed by atoms with Gasteiger partial charge in [0.1, 0.15) is 0 Å². The molecule has 13 heavy (non-hydrogen) atoms. The zero-order valence-electron chi connectivity index (χ0n) is 6.74. The van der Waals surface area contributed by atoms with Crippen LogP contribution in [0.4, 0.5) is 0 Å². The molecule has 0 nitrogen and oxygen atoms in total. The Morgan fingerprint density at radius 3 is 2.46 bits per heavy atom. The molecule has 0 N–H and O–H groups in total. The maximum Gasteiger partial charge on any atom is 0.0633 e. The van der Waals surface area contributed by atoms with Crippen LogP contribution in [-0.2, 0) is 0 Å². The molecule has 1 atom stereocenters. The Balaban J connectivity index is 2.30. The molecule has 1 aromatic carbocycles. The van der Waals surface area contributed by atoms with Crippen molar-refractivity contribution < 1.29 is 0 Å². The molecule has 0 saturated carbocycles. The molecule has 0 aliphatic carbocycles. The lowest BCUT2D eigenvalue weighted by atomic mass is 10.0. The minimum absolute atomic E-state index is 0.289. The maximum absolute atomic E-state index is 5.80. The molecule has 1 unspecified atom stereocenters. The average molecular weight is 227 g/mol. The number of benzene rings is 1. The summed E-state index contributed by atoms with van der Waals surface area (Å²) in [5, 5.41) is 2.81. The van der Waals surface area contributed by atoms with Crippen molar-refractivity contribution in [1.82, 2.24) is 0 Å². The van der Waals surface area contributed by atoms with Crippen LogP contribution in [0.25, 0.3) is 0 Å². The van der Waals surface area contributed by atoms with Gasteiger partial charge < -0.3 is 0 Å². The van der Waals surface area contributed by atoms with Crippen molar-refractivity contribution in [2.75, 3.05) is 0 Å². The predicted octanol–water partition coefficient (Wildman–Crippen LogP) is 4.01. The normalized spacial score (nSPS) is 21.0. The van der Waals surface area contributed by atoms with Crippen LogP contribution >= 0.6 is 35.6 Å². The van der Waals surface area contributed by atoms with Crippen molar-refractivity contribution in [3.63, 3.8) is 0 Å². The first kappa shape index (κ1) is 9.25. The second-order valence-electron chi connectivity index (χ2n) is 2.79. The van der Waals surface area contributed by atoms with Crippen LogP contribution in [0.2, 0.25) is 5.02 Å². The summed E-state index contributed by atoms with van der Waals surface area (Å²) in [6.07, 6.45) is 2.12. The van der Waals surface area contributed by atoms with Gasteiger partial charge in [-0.05, 0) is 23.1 Å². The van der Waals surface area contributed by atoms with E-state index in [1.54, 1.807) is 11.8 Å². The van der Waals surface area contributed by atoms with E-state index in [2.05, 4.69) is 6.08 Å². The number of hydrogen-bond acceptors (Lipinski definition) is 2. The molecule has 1 aliphatic heterocycles. The third-order valence-electron chi connectivity index (χ3n) is 1.94. The Bertz CT molecular complexity index is 354. The molecule has 0 radical (unpaired) electrons. The summed E-state index contributed by atoms with van der Waals surface area (Å²) in [5.74, 6) is 0.289. The van der Waals surface area contributed by atoms with Gasteiger partial charge in [-0.25, -0.2) is 0 Å². The maximum atomic E-state index is 5.80. The van der Waals surface area contributed by atoms with Crippen LogP contribution in [0, 0.1) is 0 Å². The van der Waals surface area contributed by atoms with Crippen molar-refractivity contribution in [2.24, 2.45) is 0 Å². The largest absolute Gasteiger partial charge is 0.0901 e. The minimum atomic E-state index is 0.289. The van der Waals surface area contributed by atoms with Crippen LogP contribution < -0.4 is 0 Å². The summed E-state index contributed by atoms with van der Waals surface area (Å²) in [6.45, 7) is 0. The van der Waals surface area contributed by atoms with E-state index in [0.717, 1.165) is 9.22 Å². The summed E-state index contributed by atoms with van der Waals surface area (Å²) in [5.41, 5.74) is 1.22. The minimum Gasteiger partial charge on any atom is -0.0901 e. The van der Waals surface area contributed by atoms with Gasteiger partial charge in [0.2, 0.25) is 0 Å². The quantitative estimate of drug-likeness (QED) is 0.664. The molecule has 0 bridgehead atoms. The Morgan fingerprint density at radius 2 is 1.92 bits per heavy atom. The van der Waals surface area contributed by atoms with Gasteiger partial charge in [0.15, 0.2) is 0 Å². The summed E-state index contributed by atoms with van der Waals surface area (Å²) >= 11 is 12.6. The van der Waals surface area contributed by atoms with Gasteiger partial charge >= 0.3 is 0 Å². The van der Waals surface area contributed by atoms with E-state index < -0.39 is 0 Å². The summed E-state index contributed by atoms with van der Waals surface area (Å²) in [4.78, 5) is 0. The molecule has 66 valence electrons. The first-order valence-corrected chi connectivity index (χ1v) is 5.56. The average Bonchev–Trinajstić information content (AvgIpc) is 2.53. The van der Waals surface area contributed by atoms with Crippen molar-refractivity contribution in [1.29, 1.82) is 0 Å². The van der Waals surface area contributed by atoms with Gasteiger partial charge in [-0.15, -0.1) is 0 Å². The fraction of sp³-hybridized carbons (Fsp3) is 0.100. The van der Waals surface area contributed by atoms with Gasteiger partial charge in [0.05, 0.1) is 4.20 Å². The van der Waals surface area contributed by atoms with Gasteiger partial charge in [-0.1, -0.05) is 53.8 Å². The van der Waals surface area contributed by atoms with Crippen LogP contribution in [0.3, 0.4) is 0 Å². The third-order valence-corrected chi connectivity index (χ3v) is 3.51. The lowest BCUT2D eigenvalue weighted by Gasteiger charge is -2.07. The van der Waals surface area contributed by atoms with Crippen molar-refractivity contribution in [3.8, 4) is 0 Å². The molecule has 0 saturated heterocycles. The molecule has 3 heteroatoms. The summed E-state index contributed by atoms with van der Waals surface area (Å²) < 4.78 is 1.02. The standard InChI is InChI=1S/C10H7ClS2/c11-8-3-1-7(2-4-8)9-5-6-13-10(9)12/h1-6,9H. The number of thiocarbonyl (C=S) groups is 1. The topological polar surface area (TPSA) is 0 Å². The van der Waals surface area contributed by atoms with Gasteiger partial charge in [0, 0.05) is 10.9 Å². The monoisotopic (exact) mass is 226 g/mol. The lowest BCUT2D eigenvalue weighted by molar-refractivity contribution is 1.19. The SMILES string of the molecule is S=C1SC=CC1c1ccc(Cl)cc1. The van der Waals surface area contributed by atoms with Crippen LogP contribution in [0.15, 0.2) is 35.7 Å². The number of allylic oxidation sites excluding steroid dienone is 1. The van der Waals surface area contributed by atoms with Gasteiger partial charge in [0.25, 0.3) is 0 Å². The highest BCUT2D eigenvalue weighted by Crippen LogP contribution is 2.32. The second-order valence-corrected chi connectivity index (χ2v) is 4.88. The van der Waals surface area contributed by atoms with Gasteiger partial charge in [-0.2, -0.15) is 0 Å². The lowest BCUT2D eigenvalue weighted by Crippen LogP contribution is -1.98. The number of hydrogen-bond donors (Lipinski definition) is 0. The number of thioether (sulfide) groups is 1. The first-order chi connectivity index (χ1) is 6.27. The van der Waals surface area contributed by atoms with Crippen LogP contribution in [0.5, 0.6) is 0 Å². The van der Waals surface area contributed by atoms with Crippen molar-refractivity contribution in [3.05, 3.63) is 46.3 Å². The Kier molecular flexibility index (Phi) is 2.72. The highest BCUT2D eigenvalue weighted by Gasteiger charge is 2.17. The van der Waals surface area contributed by atoms with E-state index in [0.29, 0.717) is 0 Å². The zero-order chi connectivity index (χ0) is 9.26. The molecule has 0 aromatic heterocycles. The van der Waals surface area contributed by atoms with E-state index in [4.69, 9.17) is 23.8 Å². The molecular formula is C10H7ClS2. The van der Waals surface area contributed by atoms with Crippen LogP contribution in [0.1, 0.15) is 11.5 Å². The highest BCUT2D eigenvalue weighted by atomic mass is 35.5. The molecule has 0 amide bonds. The molecular weight excluding hydrogens is 220 g/mol. The Labute approximate surface area is 92.0 Å². The van der Waals surface area contributed by atoms with E-state index in [1.165, 1.54) is 5.56 Å². The second kappa shape index (κ2) is 3.82. The fourth-order valence-electron chi connectivity index (χ4n) is 1.25. The van der Waals surface area contributed by atoms with Crippen molar-refractivity contribution in [2.45, 2.75) is 5.92 Å². The van der Waals surface area contributed by atoms with Crippen molar-refractivity contribution >= 4 is 39.8 Å².